The van der Waals surface area contributed by atoms with Crippen molar-refractivity contribution >= 4 is 35.2 Å². The number of thioether (sulfide) groups is 1. The molecule has 0 radical (unpaired) electrons. The molecule has 0 aromatic heterocycles. The van der Waals surface area contributed by atoms with Crippen LogP contribution in [0.1, 0.15) is 27.2 Å². The number of amides is 2. The van der Waals surface area contributed by atoms with Gasteiger partial charge in [-0.1, -0.05) is 38.5 Å². The molecule has 4 aliphatic heterocycles. The lowest BCUT2D eigenvalue weighted by Gasteiger charge is -2.41. The van der Waals surface area contributed by atoms with Crippen LogP contribution in [0.2, 0.25) is 0 Å². The summed E-state index contributed by atoms with van der Waals surface area (Å²) < 4.78 is 9.09. The highest BCUT2D eigenvalue weighted by Gasteiger charge is 2.74. The van der Waals surface area contributed by atoms with Gasteiger partial charge in [0.05, 0.1) is 36.3 Å². The summed E-state index contributed by atoms with van der Waals surface area (Å²) in [4.78, 5) is 45.4. The molecule has 1 N–H and O–H groups in total. The van der Waals surface area contributed by atoms with Crippen molar-refractivity contribution in [2.75, 3.05) is 31.8 Å². The van der Waals surface area contributed by atoms with E-state index in [4.69, 9.17) is 9.47 Å². The number of hydrogen-bond donors (Lipinski definition) is 1. The third kappa shape index (κ3) is 3.81. The molecule has 1 spiro atoms. The number of carbonyl (C=O) groups is 3. The van der Waals surface area contributed by atoms with Crippen molar-refractivity contribution in [3.63, 3.8) is 0 Å². The van der Waals surface area contributed by atoms with Crippen LogP contribution < -0.4 is 9.64 Å². The van der Waals surface area contributed by atoms with Crippen LogP contribution in [0.25, 0.3) is 0 Å². The van der Waals surface area contributed by atoms with E-state index in [1.807, 2.05) is 57.2 Å². The molecule has 2 amide bonds. The van der Waals surface area contributed by atoms with Crippen LogP contribution in [0.4, 0.5) is 5.69 Å². The molecular weight excluding hydrogens is 492 g/mol. The van der Waals surface area contributed by atoms with E-state index in [0.717, 1.165) is 6.42 Å². The Labute approximate surface area is 221 Å². The standard InChI is InChI=1S/C28H34N2O6S/c1-5-17(2)20(16-31)30-23-25(33)29(18-8-10-19(35-4)11-9-18)14-6-13-28(23)21(24(30)32)22-26(34)36-15-7-12-27(22,3)37-28/h6-13,17,20-23,31H,5,14-16H2,1-4H3/t17-,20-,21-,22-,23?,27+,28-/m0/s1. The van der Waals surface area contributed by atoms with Crippen LogP contribution in [0.5, 0.6) is 5.75 Å². The first kappa shape index (κ1) is 25.9. The summed E-state index contributed by atoms with van der Waals surface area (Å²) in [6.07, 6.45) is 8.40. The number of likely N-dealkylation sites (tertiary alicyclic amines) is 1. The average molecular weight is 527 g/mol. The molecule has 2 fully saturated rings. The highest BCUT2D eigenvalue weighted by molar-refractivity contribution is 8.02. The van der Waals surface area contributed by atoms with Crippen molar-refractivity contribution in [2.45, 2.75) is 48.8 Å². The van der Waals surface area contributed by atoms with Crippen molar-refractivity contribution in [1.29, 1.82) is 0 Å². The summed E-state index contributed by atoms with van der Waals surface area (Å²) in [6.45, 7) is 6.16. The Kier molecular flexibility index (Phi) is 6.64. The van der Waals surface area contributed by atoms with Gasteiger partial charge in [-0.05, 0) is 43.2 Å². The van der Waals surface area contributed by atoms with E-state index >= 15 is 0 Å². The van der Waals surface area contributed by atoms with Gasteiger partial charge in [0.1, 0.15) is 18.4 Å². The van der Waals surface area contributed by atoms with Gasteiger partial charge in [-0.15, -0.1) is 11.8 Å². The molecule has 37 heavy (non-hydrogen) atoms. The molecule has 4 aliphatic rings. The molecule has 1 aromatic rings. The molecule has 2 saturated heterocycles. The topological polar surface area (TPSA) is 96.4 Å². The number of benzene rings is 1. The Hall–Kier alpha value is -2.78. The SMILES string of the molecule is CC[C@H](C)[C@H](CO)N1C(=O)[C@@H]2[C@H]3C(=O)OCC=C[C@@]3(C)S[C@@]23C=CCN(c2ccc(OC)cc2)C(=O)C13. The number of hydrogen-bond acceptors (Lipinski definition) is 7. The number of nitrogens with zero attached hydrogens (tertiary/aromatic N) is 2. The van der Waals surface area contributed by atoms with Crippen molar-refractivity contribution in [3.8, 4) is 5.75 Å². The zero-order valence-corrected chi connectivity index (χ0v) is 22.4. The van der Waals surface area contributed by atoms with Gasteiger partial charge in [0.15, 0.2) is 0 Å². The molecule has 198 valence electrons. The lowest BCUT2D eigenvalue weighted by atomic mass is 9.75. The van der Waals surface area contributed by atoms with Crippen molar-refractivity contribution in [1.82, 2.24) is 4.90 Å². The summed E-state index contributed by atoms with van der Waals surface area (Å²) in [5.41, 5.74) is 0.690. The number of esters is 1. The molecule has 5 rings (SSSR count). The number of ether oxygens (including phenoxy) is 2. The van der Waals surface area contributed by atoms with E-state index in [9.17, 15) is 19.5 Å². The molecule has 9 heteroatoms. The van der Waals surface area contributed by atoms with Crippen LogP contribution in [-0.2, 0) is 19.1 Å². The molecule has 0 bridgehead atoms. The Balaban J connectivity index is 1.67. The summed E-state index contributed by atoms with van der Waals surface area (Å²) in [5, 5.41) is 10.5. The monoisotopic (exact) mass is 526 g/mol. The van der Waals surface area contributed by atoms with Gasteiger partial charge in [-0.2, -0.15) is 0 Å². The van der Waals surface area contributed by atoms with E-state index in [0.29, 0.717) is 18.0 Å². The zero-order chi connectivity index (χ0) is 26.5. The third-order valence-corrected chi connectivity index (χ3v) is 10.3. The van der Waals surface area contributed by atoms with E-state index in [1.54, 1.807) is 29.0 Å². The van der Waals surface area contributed by atoms with E-state index in [1.165, 1.54) is 11.8 Å². The van der Waals surface area contributed by atoms with Gasteiger partial charge in [0.25, 0.3) is 5.91 Å². The maximum Gasteiger partial charge on any atom is 0.311 e. The van der Waals surface area contributed by atoms with Crippen LogP contribution >= 0.6 is 11.8 Å². The minimum Gasteiger partial charge on any atom is -0.497 e. The number of carbonyl (C=O) groups excluding carboxylic acids is 3. The van der Waals surface area contributed by atoms with Gasteiger partial charge < -0.3 is 24.4 Å². The Morgan fingerprint density at radius 1 is 1.14 bits per heavy atom. The predicted molar refractivity (Wildman–Crippen MR) is 141 cm³/mol. The van der Waals surface area contributed by atoms with E-state index < -0.39 is 39.4 Å². The van der Waals surface area contributed by atoms with Crippen molar-refractivity contribution in [2.24, 2.45) is 17.8 Å². The summed E-state index contributed by atoms with van der Waals surface area (Å²) in [5.74, 6) is -1.80. The first-order valence-electron chi connectivity index (χ1n) is 12.8. The lowest BCUT2D eigenvalue weighted by molar-refractivity contribution is -0.153. The first-order valence-corrected chi connectivity index (χ1v) is 13.6. The predicted octanol–water partition coefficient (Wildman–Crippen LogP) is 2.81. The number of fused-ring (bicyclic) bond motifs is 2. The van der Waals surface area contributed by atoms with Gasteiger partial charge in [0.2, 0.25) is 5.91 Å². The van der Waals surface area contributed by atoms with Crippen molar-refractivity contribution < 1.29 is 29.0 Å². The Morgan fingerprint density at radius 2 is 1.86 bits per heavy atom. The Bertz CT molecular complexity index is 1150. The first-order chi connectivity index (χ1) is 17.7. The zero-order valence-electron chi connectivity index (χ0n) is 21.6. The number of rotatable bonds is 6. The van der Waals surface area contributed by atoms with Gasteiger partial charge >= 0.3 is 5.97 Å². The third-order valence-electron chi connectivity index (χ3n) is 8.48. The number of anilines is 1. The second kappa shape index (κ2) is 9.51. The average Bonchev–Trinajstić information content (AvgIpc) is 3.15. The highest BCUT2D eigenvalue weighted by Crippen LogP contribution is 2.66. The maximum absolute atomic E-state index is 14.5. The molecular formula is C28H34N2O6S. The van der Waals surface area contributed by atoms with Gasteiger partial charge in [0, 0.05) is 17.0 Å². The van der Waals surface area contributed by atoms with E-state index in [2.05, 4.69) is 0 Å². The minimum atomic E-state index is -0.976. The summed E-state index contributed by atoms with van der Waals surface area (Å²) >= 11 is 1.50. The van der Waals surface area contributed by atoms with Gasteiger partial charge in [-0.3, -0.25) is 14.4 Å². The number of aliphatic hydroxyl groups excluding tert-OH is 1. The molecule has 7 atom stereocenters. The second-order valence-electron chi connectivity index (χ2n) is 10.5. The van der Waals surface area contributed by atoms with Gasteiger partial charge in [-0.25, -0.2) is 0 Å². The number of methoxy groups -OCH3 is 1. The van der Waals surface area contributed by atoms with Crippen LogP contribution in [0.3, 0.4) is 0 Å². The number of aliphatic hydroxyl groups is 1. The highest BCUT2D eigenvalue weighted by atomic mass is 32.2. The van der Waals surface area contributed by atoms with Crippen LogP contribution in [0.15, 0.2) is 48.6 Å². The molecule has 0 saturated carbocycles. The molecule has 8 nitrogen and oxygen atoms in total. The van der Waals surface area contributed by atoms with Crippen LogP contribution in [0, 0.1) is 17.8 Å². The summed E-state index contributed by atoms with van der Waals surface area (Å²) in [7, 11) is 1.59. The fourth-order valence-corrected chi connectivity index (χ4v) is 8.60. The normalized spacial score (nSPS) is 34.3. The Morgan fingerprint density at radius 3 is 2.51 bits per heavy atom. The molecule has 1 aromatic carbocycles. The maximum atomic E-state index is 14.5. The number of cyclic esters (lactones) is 1. The second-order valence-corrected chi connectivity index (χ2v) is 12.3. The van der Waals surface area contributed by atoms with Crippen LogP contribution in [-0.4, -0.2) is 76.2 Å². The smallest absolute Gasteiger partial charge is 0.311 e. The quantitative estimate of drug-likeness (QED) is 0.450. The van der Waals surface area contributed by atoms with E-state index in [-0.39, 0.29) is 30.9 Å². The molecule has 1 unspecified atom stereocenters. The molecule has 4 heterocycles. The fourth-order valence-electron chi connectivity index (χ4n) is 6.46. The largest absolute Gasteiger partial charge is 0.497 e. The lowest BCUT2D eigenvalue weighted by Crippen LogP contribution is -2.58. The minimum absolute atomic E-state index is 0.0448. The fraction of sp³-hybridized carbons (Fsp3) is 0.536. The summed E-state index contributed by atoms with van der Waals surface area (Å²) in [6, 6.07) is 5.81. The van der Waals surface area contributed by atoms with Crippen molar-refractivity contribution in [3.05, 3.63) is 48.6 Å². The molecule has 0 aliphatic carbocycles.